The molecule has 0 saturated carbocycles. The van der Waals surface area contributed by atoms with Crippen LogP contribution in [0.1, 0.15) is 91.5 Å². The number of primary amides is 1. The minimum absolute atomic E-state index is 0.110. The Kier molecular flexibility index (Phi) is 23.0. The van der Waals surface area contributed by atoms with Gasteiger partial charge in [0.25, 0.3) is 0 Å². The first kappa shape index (κ1) is 59.4. The summed E-state index contributed by atoms with van der Waals surface area (Å²) in [5, 5.41) is 43.4. The zero-order valence-corrected chi connectivity index (χ0v) is 43.5. The Morgan fingerprint density at radius 1 is 0.849 bits per heavy atom. The quantitative estimate of drug-likeness (QED) is 0.0693. The number of nitrogens with two attached hydrogens (primary N) is 1. The van der Waals surface area contributed by atoms with E-state index in [2.05, 4.69) is 47.5 Å². The third-order valence-corrected chi connectivity index (χ3v) is 14.1. The van der Waals surface area contributed by atoms with Gasteiger partial charge >= 0.3 is 0 Å². The smallest absolute Gasteiger partial charge is 0.246 e. The second kappa shape index (κ2) is 28.3. The van der Waals surface area contributed by atoms with Crippen molar-refractivity contribution in [3.8, 4) is 5.75 Å². The zero-order chi connectivity index (χ0) is 54.1. The maximum Gasteiger partial charge on any atom is 0.246 e. The first-order valence-electron chi connectivity index (χ1n) is 24.9. The molecule has 406 valence electrons. The molecule has 0 bridgehead atoms. The highest BCUT2D eigenvalue weighted by Gasteiger charge is 2.44. The average Bonchev–Trinajstić information content (AvgIpc) is 3.93. The van der Waals surface area contributed by atoms with Crippen LogP contribution in [-0.4, -0.2) is 172 Å². The molecule has 73 heavy (non-hydrogen) atoms. The van der Waals surface area contributed by atoms with E-state index in [1.54, 1.807) is 39.0 Å². The highest BCUT2D eigenvalue weighted by atomic mass is 32.2. The van der Waals surface area contributed by atoms with Gasteiger partial charge in [0.1, 0.15) is 47.0 Å². The zero-order valence-electron chi connectivity index (χ0n) is 42.7. The van der Waals surface area contributed by atoms with Crippen LogP contribution in [0.3, 0.4) is 0 Å². The van der Waals surface area contributed by atoms with E-state index in [9.17, 15) is 57.6 Å². The van der Waals surface area contributed by atoms with Crippen molar-refractivity contribution in [1.29, 1.82) is 0 Å². The predicted molar refractivity (Wildman–Crippen MR) is 268 cm³/mol. The van der Waals surface area contributed by atoms with Gasteiger partial charge < -0.3 is 73.1 Å². The molecule has 2 aliphatic heterocycles. The molecule has 25 heteroatoms. The Hall–Kier alpha value is -6.18. The van der Waals surface area contributed by atoms with Crippen LogP contribution in [-0.2, 0) is 60.4 Å². The second-order valence-corrected chi connectivity index (χ2v) is 20.1. The van der Waals surface area contributed by atoms with Crippen molar-refractivity contribution in [3.63, 3.8) is 0 Å². The minimum Gasteiger partial charge on any atom is -0.494 e. The molecule has 2 fully saturated rings. The fraction of sp³-hybridized carbons (Fsp3) is 0.646. The lowest BCUT2D eigenvalue weighted by Gasteiger charge is -2.32. The van der Waals surface area contributed by atoms with E-state index in [0.29, 0.717) is 35.2 Å². The molecule has 9 amide bonds. The van der Waals surface area contributed by atoms with Crippen molar-refractivity contribution in [3.05, 3.63) is 23.8 Å². The number of aliphatic hydroxyl groups excluding tert-OH is 2. The molecule has 2 saturated heterocycles. The van der Waals surface area contributed by atoms with Crippen molar-refractivity contribution in [2.75, 3.05) is 46.1 Å². The molecule has 2 aliphatic rings. The van der Waals surface area contributed by atoms with Gasteiger partial charge in [-0.1, -0.05) is 47.0 Å². The van der Waals surface area contributed by atoms with Crippen LogP contribution in [0, 0.1) is 11.8 Å². The number of H-pyrrole nitrogens is 1. The monoisotopic (exact) mass is 1050 g/mol. The molecule has 4 rings (SSSR count). The van der Waals surface area contributed by atoms with Crippen molar-refractivity contribution in [2.45, 2.75) is 146 Å². The van der Waals surface area contributed by atoms with E-state index in [0.717, 1.165) is 37.1 Å². The largest absolute Gasteiger partial charge is 0.494 e. The summed E-state index contributed by atoms with van der Waals surface area (Å²) in [5.41, 5.74) is 6.35. The molecule has 0 spiro atoms. The van der Waals surface area contributed by atoms with Crippen LogP contribution in [0.15, 0.2) is 23.2 Å². The van der Waals surface area contributed by atoms with Crippen molar-refractivity contribution in [1.82, 2.24) is 52.4 Å². The van der Waals surface area contributed by atoms with E-state index in [1.807, 2.05) is 7.05 Å². The summed E-state index contributed by atoms with van der Waals surface area (Å²) in [7, 11) is 0.222. The van der Waals surface area contributed by atoms with Crippen molar-refractivity contribution in [2.24, 2.45) is 17.6 Å². The molecule has 13 N–H and O–H groups in total. The number of nitrogens with zero attached hydrogens (tertiary/aromatic N) is 1. The topological polar surface area (TPSA) is 362 Å². The van der Waals surface area contributed by atoms with E-state index < -0.39 is 150 Å². The van der Waals surface area contributed by atoms with E-state index in [-0.39, 0.29) is 24.3 Å². The normalized spacial score (nSPS) is 25.1. The Morgan fingerprint density at radius 2 is 1.51 bits per heavy atom. The predicted octanol–water partition coefficient (Wildman–Crippen LogP) is -2.41. The Balaban J connectivity index is 1.78. The number of benzene rings is 1. The Morgan fingerprint density at radius 3 is 2.15 bits per heavy atom. The Bertz CT molecular complexity index is 2330. The third kappa shape index (κ3) is 16.9. The van der Waals surface area contributed by atoms with Crippen LogP contribution >= 0.6 is 0 Å². The molecule has 24 nitrogen and oxygen atoms in total. The standard InChI is InChI=1S/C48H75N11O13S/c1-8-25(3)40-45(68)52-22-38(63)53-27(5)42(65)55-34(21-37(49)62)48(70)59-24-28(60)18-35(59)44(67)58-41(26(4)36(61)9-2)46(69)54-33(43(66)51-23-39(64)57-40)20-31-30-15-14-29(19-32(30)56-47(31)73(7)71)72-17-13-11-10-12-16-50-6/h14-15,19,25-28,33-36,40-41,50,56,60-61H,8-13,16-18,20-24H2,1-7H3,(H2,49,62)(H,51,66)(H,52,68)(H,53,63)(H,54,69)(H,55,65)(H,57,64)(H,58,67)/t25-,26-,27-,28+,33-,34-,35-,36-,40-,41-,73+/m0/s1. The van der Waals surface area contributed by atoms with Gasteiger partial charge in [0, 0.05) is 43.0 Å². The number of rotatable bonds is 18. The molecule has 1 aromatic carbocycles. The van der Waals surface area contributed by atoms with Gasteiger partial charge in [0.15, 0.2) is 0 Å². The van der Waals surface area contributed by atoms with Gasteiger partial charge in [-0.25, -0.2) is 0 Å². The molecule has 11 atom stereocenters. The van der Waals surface area contributed by atoms with Crippen molar-refractivity contribution < 1.29 is 62.3 Å². The fourth-order valence-electron chi connectivity index (χ4n) is 8.71. The van der Waals surface area contributed by atoms with Crippen LogP contribution in [0.2, 0.25) is 0 Å². The number of amides is 9. The number of unbranched alkanes of at least 4 members (excludes halogenated alkanes) is 3. The van der Waals surface area contributed by atoms with Gasteiger partial charge in [0.05, 0.1) is 54.6 Å². The van der Waals surface area contributed by atoms with E-state index in [4.69, 9.17) is 10.5 Å². The number of aromatic amines is 1. The summed E-state index contributed by atoms with van der Waals surface area (Å²) in [4.78, 5) is 127. The van der Waals surface area contributed by atoms with E-state index in [1.165, 1.54) is 20.1 Å². The second-order valence-electron chi connectivity index (χ2n) is 18.8. The van der Waals surface area contributed by atoms with Gasteiger partial charge in [0.2, 0.25) is 53.2 Å². The van der Waals surface area contributed by atoms with Gasteiger partial charge in [-0.15, -0.1) is 0 Å². The lowest BCUT2D eigenvalue weighted by molar-refractivity contribution is -0.144. The SMILES string of the molecule is CC[C@H](C)[C@@H]1NC(=O)CNC(=O)[C@H](Cc2c([S@@](C)=O)[nH]c3cc(OCCCCCCNC)ccc23)NC(=O)[C@H]([C@@H](C)[C@@H](O)CC)NC(=O)[C@@H]2C[C@@H](O)CN2C(=O)[C@H](CC(N)=O)NC(=O)[C@H](C)NC(=O)CNC1=O. The third-order valence-electron chi connectivity index (χ3n) is 13.2. The van der Waals surface area contributed by atoms with Crippen molar-refractivity contribution >= 4 is 74.9 Å². The summed E-state index contributed by atoms with van der Waals surface area (Å²) >= 11 is 0. The summed E-state index contributed by atoms with van der Waals surface area (Å²) < 4.78 is 19.4. The first-order chi connectivity index (χ1) is 34.6. The molecule has 0 radical (unpaired) electrons. The number of ether oxygens (including phenoxy) is 1. The minimum atomic E-state index is -1.69. The summed E-state index contributed by atoms with van der Waals surface area (Å²) in [6.45, 7) is 7.41. The number of hydrogen-bond acceptors (Lipinski definition) is 14. The molecule has 1 aromatic heterocycles. The van der Waals surface area contributed by atoms with E-state index >= 15 is 0 Å². The van der Waals surface area contributed by atoms with Gasteiger partial charge in [-0.2, -0.15) is 0 Å². The summed E-state index contributed by atoms with van der Waals surface area (Å²) in [5.74, 6) is -9.25. The number of nitrogens with one attached hydrogen (secondary N) is 9. The highest BCUT2D eigenvalue weighted by molar-refractivity contribution is 7.84. The highest BCUT2D eigenvalue weighted by Crippen LogP contribution is 2.30. The number of fused-ring (bicyclic) bond motifs is 2. The van der Waals surface area contributed by atoms with Crippen LogP contribution in [0.5, 0.6) is 5.75 Å². The van der Waals surface area contributed by atoms with Gasteiger partial charge in [-0.3, -0.25) is 47.4 Å². The maximum atomic E-state index is 14.7. The molecule has 0 aliphatic carbocycles. The first-order valence-corrected chi connectivity index (χ1v) is 26.4. The number of aromatic nitrogens is 1. The average molecular weight is 1050 g/mol. The number of aliphatic hydroxyl groups is 2. The fourth-order valence-corrected chi connectivity index (χ4v) is 9.50. The Labute approximate surface area is 427 Å². The number of carbonyl (C=O) groups is 9. The molecule has 2 aromatic rings. The lowest BCUT2D eigenvalue weighted by Crippen LogP contribution is -2.61. The van der Waals surface area contributed by atoms with Crippen LogP contribution in [0.25, 0.3) is 10.9 Å². The molecule has 0 unspecified atom stereocenters. The lowest BCUT2D eigenvalue weighted by atomic mass is 9.92. The maximum absolute atomic E-state index is 14.7. The molecule has 3 heterocycles. The van der Waals surface area contributed by atoms with Gasteiger partial charge in [-0.05, 0) is 63.4 Å². The number of carbonyl (C=O) groups excluding carboxylic acids is 9. The summed E-state index contributed by atoms with van der Waals surface area (Å²) in [6.07, 6.45) is 1.89. The molecular weight excluding hydrogens is 971 g/mol. The van der Waals surface area contributed by atoms with Crippen LogP contribution < -0.4 is 53.0 Å². The summed E-state index contributed by atoms with van der Waals surface area (Å²) in [6, 6.07) is -3.74. The molecular formula is C48H75N11O13S. The van der Waals surface area contributed by atoms with Crippen LogP contribution in [0.4, 0.5) is 0 Å². The number of hydrogen-bond donors (Lipinski definition) is 12.